The summed E-state index contributed by atoms with van der Waals surface area (Å²) in [6, 6.07) is 1.38. The first-order valence-corrected chi connectivity index (χ1v) is 7.33. The van der Waals surface area contributed by atoms with Gasteiger partial charge in [0, 0.05) is 19.2 Å². The first kappa shape index (κ1) is 15.4. The topological polar surface area (TPSA) is 99.2 Å². The van der Waals surface area contributed by atoms with Crippen molar-refractivity contribution in [2.75, 3.05) is 18.0 Å². The molecule has 1 fully saturated rings. The highest BCUT2D eigenvalue weighted by molar-refractivity contribution is 5.74. The molecule has 0 unspecified atom stereocenters. The summed E-state index contributed by atoms with van der Waals surface area (Å²) in [6.07, 6.45) is 1.71. The molecule has 0 atom stereocenters. The van der Waals surface area contributed by atoms with Gasteiger partial charge in [0.25, 0.3) is 11.5 Å². The number of anilines is 1. The third-order valence-corrected chi connectivity index (χ3v) is 4.01. The van der Waals surface area contributed by atoms with E-state index >= 15 is 0 Å². The largest absolute Gasteiger partial charge is 0.362 e. The van der Waals surface area contributed by atoms with E-state index in [1.807, 2.05) is 4.98 Å². The van der Waals surface area contributed by atoms with Crippen LogP contribution in [0.1, 0.15) is 6.42 Å². The average molecular weight is 352 g/mol. The van der Waals surface area contributed by atoms with Crippen LogP contribution < -0.4 is 16.1 Å². The zero-order valence-corrected chi connectivity index (χ0v) is 12.6. The molecule has 4 heterocycles. The van der Waals surface area contributed by atoms with Crippen LogP contribution in [-0.4, -0.2) is 43.6 Å². The Morgan fingerprint density at radius 1 is 1.28 bits per heavy atom. The minimum atomic E-state index is -2.86. The van der Waals surface area contributed by atoms with Crippen molar-refractivity contribution < 1.29 is 13.2 Å². The SMILES string of the molecule is O=c1[nH]cc(-c2cc(N3CCC(F)(F)C3)c3ncc(F)n3n2)c(=O)[nH]1. The molecule has 4 rings (SSSR count). The zero-order valence-electron chi connectivity index (χ0n) is 12.6. The molecule has 0 aromatic carbocycles. The van der Waals surface area contributed by atoms with Crippen molar-refractivity contribution in [2.45, 2.75) is 12.3 Å². The molecule has 0 spiro atoms. The van der Waals surface area contributed by atoms with Crippen LogP contribution in [0.2, 0.25) is 0 Å². The summed E-state index contributed by atoms with van der Waals surface area (Å²) in [5, 5.41) is 3.99. The molecular weight excluding hydrogens is 341 g/mol. The van der Waals surface area contributed by atoms with E-state index in [9.17, 15) is 22.8 Å². The van der Waals surface area contributed by atoms with E-state index < -0.39 is 29.7 Å². The van der Waals surface area contributed by atoms with E-state index in [1.54, 1.807) is 0 Å². The minimum absolute atomic E-state index is 0.0205. The van der Waals surface area contributed by atoms with Crippen LogP contribution in [0.3, 0.4) is 0 Å². The van der Waals surface area contributed by atoms with Crippen molar-refractivity contribution in [3.8, 4) is 11.3 Å². The Labute approximate surface area is 136 Å². The molecule has 0 aliphatic carbocycles. The lowest BCUT2D eigenvalue weighted by Gasteiger charge is -2.19. The first-order chi connectivity index (χ1) is 11.8. The number of halogens is 3. The summed E-state index contributed by atoms with van der Waals surface area (Å²) in [6.45, 7) is -0.481. The highest BCUT2D eigenvalue weighted by Crippen LogP contribution is 2.34. The summed E-state index contributed by atoms with van der Waals surface area (Å²) in [5.41, 5.74) is -1.14. The maximum absolute atomic E-state index is 14.0. The van der Waals surface area contributed by atoms with E-state index in [0.29, 0.717) is 0 Å². The molecular formula is C14H11F3N6O2. The maximum Gasteiger partial charge on any atom is 0.325 e. The Hall–Kier alpha value is -3.11. The molecule has 0 radical (unpaired) electrons. The standard InChI is InChI=1S/C14H11F3N6O2/c15-10-5-18-11-9(22-2-1-14(16,17)6-22)3-8(21-23(10)11)7-4-19-13(25)20-12(7)24/h3-5H,1-2,6H2,(H2,19,20,24,25). The fourth-order valence-electron chi connectivity index (χ4n) is 2.83. The van der Waals surface area contributed by atoms with Gasteiger partial charge in [-0.15, -0.1) is 0 Å². The van der Waals surface area contributed by atoms with Crippen LogP contribution in [0.15, 0.2) is 28.0 Å². The first-order valence-electron chi connectivity index (χ1n) is 7.33. The molecule has 130 valence electrons. The van der Waals surface area contributed by atoms with Crippen LogP contribution >= 0.6 is 0 Å². The Balaban J connectivity index is 1.93. The summed E-state index contributed by atoms with van der Waals surface area (Å²) < 4.78 is 41.9. The van der Waals surface area contributed by atoms with Gasteiger partial charge < -0.3 is 9.88 Å². The van der Waals surface area contributed by atoms with Gasteiger partial charge in [-0.2, -0.15) is 14.0 Å². The van der Waals surface area contributed by atoms with Crippen molar-refractivity contribution in [3.05, 3.63) is 45.2 Å². The van der Waals surface area contributed by atoms with Crippen LogP contribution in [-0.2, 0) is 0 Å². The van der Waals surface area contributed by atoms with Gasteiger partial charge in [-0.05, 0) is 6.07 Å². The van der Waals surface area contributed by atoms with Gasteiger partial charge in [0.15, 0.2) is 5.65 Å². The molecule has 11 heteroatoms. The van der Waals surface area contributed by atoms with Gasteiger partial charge in [-0.1, -0.05) is 0 Å². The second kappa shape index (κ2) is 5.19. The number of alkyl halides is 2. The number of fused-ring (bicyclic) bond motifs is 1. The predicted octanol–water partition coefficient (Wildman–Crippen LogP) is 0.757. The number of rotatable bonds is 2. The lowest BCUT2D eigenvalue weighted by Crippen LogP contribution is -2.26. The van der Waals surface area contributed by atoms with E-state index in [1.165, 1.54) is 11.0 Å². The number of hydrogen-bond donors (Lipinski definition) is 2. The molecule has 2 N–H and O–H groups in total. The number of nitrogens with one attached hydrogen (secondary N) is 2. The van der Waals surface area contributed by atoms with Gasteiger partial charge in [-0.3, -0.25) is 9.78 Å². The lowest BCUT2D eigenvalue weighted by molar-refractivity contribution is 0.0257. The van der Waals surface area contributed by atoms with Crippen molar-refractivity contribution >= 4 is 11.3 Å². The second-order valence-electron chi connectivity index (χ2n) is 5.74. The van der Waals surface area contributed by atoms with E-state index in [-0.39, 0.29) is 35.6 Å². The minimum Gasteiger partial charge on any atom is -0.362 e. The van der Waals surface area contributed by atoms with Crippen molar-refractivity contribution in [1.82, 2.24) is 24.6 Å². The van der Waals surface area contributed by atoms with E-state index in [0.717, 1.165) is 16.9 Å². The van der Waals surface area contributed by atoms with E-state index in [2.05, 4.69) is 15.1 Å². The smallest absolute Gasteiger partial charge is 0.325 e. The fourth-order valence-corrected chi connectivity index (χ4v) is 2.83. The lowest BCUT2D eigenvalue weighted by atomic mass is 10.2. The summed E-state index contributed by atoms with van der Waals surface area (Å²) >= 11 is 0. The van der Waals surface area contributed by atoms with Gasteiger partial charge in [0.2, 0.25) is 5.95 Å². The quantitative estimate of drug-likeness (QED) is 0.709. The summed E-state index contributed by atoms with van der Waals surface area (Å²) in [5.74, 6) is -3.66. The molecule has 0 amide bonds. The number of aromatic nitrogens is 5. The van der Waals surface area contributed by atoms with E-state index in [4.69, 9.17) is 0 Å². The molecule has 25 heavy (non-hydrogen) atoms. The number of H-pyrrole nitrogens is 2. The van der Waals surface area contributed by atoms with Crippen LogP contribution in [0.4, 0.5) is 18.9 Å². The monoisotopic (exact) mass is 352 g/mol. The third-order valence-electron chi connectivity index (χ3n) is 4.01. The number of aromatic amines is 2. The normalized spacial score (nSPS) is 16.7. The maximum atomic E-state index is 14.0. The van der Waals surface area contributed by atoms with Crippen LogP contribution in [0.25, 0.3) is 16.9 Å². The Morgan fingerprint density at radius 3 is 2.76 bits per heavy atom. The van der Waals surface area contributed by atoms with Gasteiger partial charge >= 0.3 is 5.69 Å². The Morgan fingerprint density at radius 2 is 2.08 bits per heavy atom. The average Bonchev–Trinajstić information content (AvgIpc) is 3.09. The highest BCUT2D eigenvalue weighted by Gasteiger charge is 2.39. The zero-order chi connectivity index (χ0) is 17.8. The highest BCUT2D eigenvalue weighted by atomic mass is 19.3. The van der Waals surface area contributed by atoms with Crippen LogP contribution in [0, 0.1) is 5.95 Å². The number of hydrogen-bond acceptors (Lipinski definition) is 5. The van der Waals surface area contributed by atoms with Crippen molar-refractivity contribution in [3.63, 3.8) is 0 Å². The van der Waals surface area contributed by atoms with Gasteiger partial charge in [0.05, 0.1) is 24.0 Å². The predicted molar refractivity (Wildman–Crippen MR) is 81.4 cm³/mol. The summed E-state index contributed by atoms with van der Waals surface area (Å²) in [4.78, 5) is 32.7. The molecule has 1 saturated heterocycles. The molecule has 0 saturated carbocycles. The number of nitrogens with zero attached hydrogens (tertiary/aromatic N) is 4. The summed E-state index contributed by atoms with van der Waals surface area (Å²) in [7, 11) is 0. The Kier molecular flexibility index (Phi) is 3.20. The van der Waals surface area contributed by atoms with Crippen molar-refractivity contribution in [1.29, 1.82) is 0 Å². The molecule has 1 aliphatic rings. The molecule has 3 aromatic rings. The Bertz CT molecular complexity index is 1090. The second-order valence-corrected chi connectivity index (χ2v) is 5.74. The molecule has 8 nitrogen and oxygen atoms in total. The van der Waals surface area contributed by atoms with Crippen molar-refractivity contribution in [2.24, 2.45) is 0 Å². The molecule has 3 aromatic heterocycles. The van der Waals surface area contributed by atoms with Crippen LogP contribution in [0.5, 0.6) is 0 Å². The fraction of sp³-hybridized carbons (Fsp3) is 0.286. The van der Waals surface area contributed by atoms with Gasteiger partial charge in [0.1, 0.15) is 5.69 Å². The molecule has 1 aliphatic heterocycles. The molecule has 0 bridgehead atoms. The van der Waals surface area contributed by atoms with Gasteiger partial charge in [-0.25, -0.2) is 18.6 Å². The third kappa shape index (κ3) is 2.57. The number of imidazole rings is 1.